The van der Waals surface area contributed by atoms with Crippen LogP contribution in [-0.4, -0.2) is 43.5 Å². The predicted octanol–water partition coefficient (Wildman–Crippen LogP) is 3.57. The molecule has 0 radical (unpaired) electrons. The van der Waals surface area contributed by atoms with Crippen LogP contribution in [0.4, 0.5) is 10.8 Å². The molecular weight excluding hydrogens is 404 g/mol. The summed E-state index contributed by atoms with van der Waals surface area (Å²) in [5, 5.41) is 9.91. The van der Waals surface area contributed by atoms with Crippen LogP contribution in [0.25, 0.3) is 10.6 Å². The lowest BCUT2D eigenvalue weighted by molar-refractivity contribution is 0.528. The molecule has 1 unspecified atom stereocenters. The number of rotatable bonds is 4. The smallest absolute Gasteiger partial charge is 0.239 e. The van der Waals surface area contributed by atoms with Crippen molar-refractivity contribution in [3.05, 3.63) is 60.2 Å². The van der Waals surface area contributed by atoms with Gasteiger partial charge in [0.2, 0.25) is 15.2 Å². The van der Waals surface area contributed by atoms with E-state index in [1.165, 1.54) is 11.3 Å². The zero-order chi connectivity index (χ0) is 19.8. The number of hydrogen-bond donors (Lipinski definition) is 0. The van der Waals surface area contributed by atoms with Gasteiger partial charge in [0.15, 0.2) is 0 Å². The molecule has 0 saturated carbocycles. The third-order valence-electron chi connectivity index (χ3n) is 5.66. The van der Waals surface area contributed by atoms with Crippen LogP contribution in [-0.2, 0) is 16.4 Å². The fourth-order valence-electron chi connectivity index (χ4n) is 4.15. The van der Waals surface area contributed by atoms with Crippen LogP contribution < -0.4 is 9.21 Å². The highest BCUT2D eigenvalue weighted by Crippen LogP contribution is 2.35. The SMILES string of the molecule is O=S(=O)(C1CCCN(c2nnc(-c3ccccc3)s2)C1)N1CCc2ccccc21. The van der Waals surface area contributed by atoms with E-state index in [1.54, 1.807) is 4.31 Å². The number of piperidine rings is 1. The summed E-state index contributed by atoms with van der Waals surface area (Å²) in [4.78, 5) is 2.08. The maximum atomic E-state index is 13.4. The number of aromatic nitrogens is 2. The van der Waals surface area contributed by atoms with Crippen LogP contribution in [0.1, 0.15) is 18.4 Å². The van der Waals surface area contributed by atoms with Crippen molar-refractivity contribution in [2.75, 3.05) is 28.8 Å². The van der Waals surface area contributed by atoms with Crippen LogP contribution in [0, 0.1) is 0 Å². The molecule has 0 amide bonds. The zero-order valence-electron chi connectivity index (χ0n) is 15.9. The Morgan fingerprint density at radius 2 is 1.76 bits per heavy atom. The van der Waals surface area contributed by atoms with E-state index in [4.69, 9.17) is 0 Å². The van der Waals surface area contributed by atoms with Crippen molar-refractivity contribution < 1.29 is 8.42 Å². The summed E-state index contributed by atoms with van der Waals surface area (Å²) in [6, 6.07) is 17.8. The number of fused-ring (bicyclic) bond motifs is 1. The monoisotopic (exact) mass is 426 g/mol. The number of anilines is 2. The third kappa shape index (κ3) is 3.40. The lowest BCUT2D eigenvalue weighted by Gasteiger charge is -2.34. The summed E-state index contributed by atoms with van der Waals surface area (Å²) in [7, 11) is -3.41. The normalized spacial score (nSPS) is 19.4. The van der Waals surface area contributed by atoms with Gasteiger partial charge in [-0.15, -0.1) is 10.2 Å². The Balaban J connectivity index is 1.37. The van der Waals surface area contributed by atoms with Gasteiger partial charge in [-0.25, -0.2) is 8.42 Å². The van der Waals surface area contributed by atoms with E-state index in [0.29, 0.717) is 19.5 Å². The summed E-state index contributed by atoms with van der Waals surface area (Å²) in [6.45, 7) is 1.81. The molecule has 1 atom stereocenters. The van der Waals surface area contributed by atoms with Gasteiger partial charge in [0.05, 0.1) is 10.9 Å². The highest BCUT2D eigenvalue weighted by atomic mass is 32.2. The minimum absolute atomic E-state index is 0.425. The van der Waals surface area contributed by atoms with Crippen molar-refractivity contribution in [2.45, 2.75) is 24.5 Å². The van der Waals surface area contributed by atoms with Gasteiger partial charge in [0, 0.05) is 25.2 Å². The predicted molar refractivity (Wildman–Crippen MR) is 117 cm³/mol. The average Bonchev–Trinajstić information content (AvgIpc) is 3.42. The third-order valence-corrected chi connectivity index (χ3v) is 8.91. The summed E-state index contributed by atoms with van der Waals surface area (Å²) >= 11 is 1.52. The fourth-order valence-corrected chi connectivity index (χ4v) is 7.02. The molecule has 5 rings (SSSR count). The largest absolute Gasteiger partial charge is 0.345 e. The second kappa shape index (κ2) is 7.42. The van der Waals surface area contributed by atoms with Crippen LogP contribution in [0.15, 0.2) is 54.6 Å². The Bertz CT molecular complexity index is 1110. The summed E-state index contributed by atoms with van der Waals surface area (Å²) in [6.07, 6.45) is 2.30. The van der Waals surface area contributed by atoms with Gasteiger partial charge >= 0.3 is 0 Å². The lowest BCUT2D eigenvalue weighted by Crippen LogP contribution is -2.47. The summed E-state index contributed by atoms with van der Waals surface area (Å²) in [5.41, 5.74) is 2.98. The van der Waals surface area contributed by atoms with Crippen LogP contribution in [0.2, 0.25) is 0 Å². The first-order valence-corrected chi connectivity index (χ1v) is 12.2. The Hall–Kier alpha value is -2.45. The van der Waals surface area contributed by atoms with Crippen molar-refractivity contribution >= 4 is 32.2 Å². The molecule has 3 aromatic rings. The van der Waals surface area contributed by atoms with E-state index in [-0.39, 0.29) is 0 Å². The molecule has 0 spiro atoms. The van der Waals surface area contributed by atoms with Crippen LogP contribution in [0.3, 0.4) is 0 Å². The van der Waals surface area contributed by atoms with Crippen molar-refractivity contribution in [1.82, 2.24) is 10.2 Å². The van der Waals surface area contributed by atoms with Gasteiger partial charge in [0.1, 0.15) is 5.01 Å². The second-order valence-corrected chi connectivity index (χ2v) is 10.6. The van der Waals surface area contributed by atoms with Crippen molar-refractivity contribution in [3.63, 3.8) is 0 Å². The van der Waals surface area contributed by atoms with E-state index in [0.717, 1.165) is 46.3 Å². The van der Waals surface area contributed by atoms with Gasteiger partial charge in [-0.3, -0.25) is 4.31 Å². The highest BCUT2D eigenvalue weighted by Gasteiger charge is 2.38. The molecule has 1 fully saturated rings. The van der Waals surface area contributed by atoms with Crippen molar-refractivity contribution in [3.8, 4) is 10.6 Å². The van der Waals surface area contributed by atoms with Crippen molar-refractivity contribution in [2.24, 2.45) is 0 Å². The number of benzene rings is 2. The number of nitrogens with zero attached hydrogens (tertiary/aromatic N) is 4. The minimum atomic E-state index is -3.41. The number of sulfonamides is 1. The lowest BCUT2D eigenvalue weighted by atomic mass is 10.1. The van der Waals surface area contributed by atoms with E-state index >= 15 is 0 Å². The minimum Gasteiger partial charge on any atom is -0.345 e. The first-order valence-electron chi connectivity index (χ1n) is 9.86. The Morgan fingerprint density at radius 1 is 0.966 bits per heavy atom. The molecule has 1 aromatic heterocycles. The average molecular weight is 427 g/mol. The molecule has 0 bridgehead atoms. The van der Waals surface area contributed by atoms with Gasteiger partial charge in [0.25, 0.3) is 0 Å². The Kier molecular flexibility index (Phi) is 4.75. The molecule has 2 aliphatic rings. The van der Waals surface area contributed by atoms with E-state index in [1.807, 2.05) is 54.6 Å². The number of hydrogen-bond acceptors (Lipinski definition) is 6. The topological polar surface area (TPSA) is 66.4 Å². The van der Waals surface area contributed by atoms with Gasteiger partial charge in [-0.05, 0) is 30.9 Å². The van der Waals surface area contributed by atoms with E-state index in [2.05, 4.69) is 15.1 Å². The van der Waals surface area contributed by atoms with E-state index < -0.39 is 15.3 Å². The molecular formula is C21H22N4O2S2. The quantitative estimate of drug-likeness (QED) is 0.638. The maximum absolute atomic E-state index is 13.4. The molecule has 8 heteroatoms. The maximum Gasteiger partial charge on any atom is 0.239 e. The van der Waals surface area contributed by atoms with Gasteiger partial charge < -0.3 is 4.90 Å². The van der Waals surface area contributed by atoms with Gasteiger partial charge in [-0.2, -0.15) is 0 Å². The summed E-state index contributed by atoms with van der Waals surface area (Å²) < 4.78 is 28.5. The highest BCUT2D eigenvalue weighted by molar-refractivity contribution is 7.93. The molecule has 1 saturated heterocycles. The molecule has 3 heterocycles. The van der Waals surface area contributed by atoms with Crippen LogP contribution >= 0.6 is 11.3 Å². The van der Waals surface area contributed by atoms with E-state index in [9.17, 15) is 8.42 Å². The molecule has 2 aromatic carbocycles. The Labute approximate surface area is 174 Å². The van der Waals surface area contributed by atoms with Crippen molar-refractivity contribution in [1.29, 1.82) is 0 Å². The zero-order valence-corrected chi connectivity index (χ0v) is 17.6. The molecule has 0 aliphatic carbocycles. The molecule has 2 aliphatic heterocycles. The fraction of sp³-hybridized carbons (Fsp3) is 0.333. The molecule has 29 heavy (non-hydrogen) atoms. The first kappa shape index (κ1) is 18.6. The molecule has 150 valence electrons. The second-order valence-electron chi connectivity index (χ2n) is 7.46. The summed E-state index contributed by atoms with van der Waals surface area (Å²) in [5.74, 6) is 0. The van der Waals surface area contributed by atoms with Crippen LogP contribution in [0.5, 0.6) is 0 Å². The standard InChI is InChI=1S/C21H22N4O2S2/c26-29(27,25-14-12-16-7-4-5-11-19(16)25)18-10-6-13-24(15-18)21-23-22-20(28-21)17-8-2-1-3-9-17/h1-5,7-9,11,18H,6,10,12-15H2. The molecule has 6 nitrogen and oxygen atoms in total. The van der Waals surface area contributed by atoms with Gasteiger partial charge in [-0.1, -0.05) is 59.9 Å². The Morgan fingerprint density at radius 3 is 2.62 bits per heavy atom. The first-order chi connectivity index (χ1) is 14.1. The molecule has 0 N–H and O–H groups in total. The number of para-hydroxylation sites is 1.